The van der Waals surface area contributed by atoms with Crippen molar-refractivity contribution in [3.63, 3.8) is 0 Å². The van der Waals surface area contributed by atoms with Gasteiger partial charge in [0.05, 0.1) is 22.1 Å². The molecule has 1 heterocycles. The highest BCUT2D eigenvalue weighted by Gasteiger charge is 2.15. The van der Waals surface area contributed by atoms with E-state index in [1.165, 1.54) is 0 Å². The number of rotatable bonds is 5. The third-order valence-corrected chi connectivity index (χ3v) is 3.33. The Morgan fingerprint density at radius 2 is 2.00 bits per heavy atom. The first kappa shape index (κ1) is 15.4. The highest BCUT2D eigenvalue weighted by atomic mass is 35.5. The zero-order chi connectivity index (χ0) is 15.4. The number of nitrogens with two attached hydrogens (primary N) is 2. The molecular formula is C15H19ClN4O. The number of likely N-dealkylation sites (N-methyl/N-ethyl adjacent to an activating group) is 1. The molecule has 0 spiro atoms. The second kappa shape index (κ2) is 6.65. The standard InChI is InChI=1S/C15H19ClN4O/c1-20(2)8-9-21-15-12(17)6-5-10(13(15)18)14-11(16)4-3-7-19-14/h3-7H,8-9,17-18H2,1-2H3. The van der Waals surface area contributed by atoms with Crippen LogP contribution >= 0.6 is 11.6 Å². The average Bonchev–Trinajstić information content (AvgIpc) is 2.43. The number of ether oxygens (including phenoxy) is 1. The van der Waals surface area contributed by atoms with Gasteiger partial charge in [-0.1, -0.05) is 11.6 Å². The smallest absolute Gasteiger partial charge is 0.165 e. The zero-order valence-corrected chi connectivity index (χ0v) is 12.9. The molecule has 0 saturated heterocycles. The van der Waals surface area contributed by atoms with Crippen molar-refractivity contribution >= 4 is 23.0 Å². The summed E-state index contributed by atoms with van der Waals surface area (Å²) in [6, 6.07) is 7.10. The molecule has 0 aliphatic rings. The van der Waals surface area contributed by atoms with Crippen molar-refractivity contribution in [1.82, 2.24) is 9.88 Å². The van der Waals surface area contributed by atoms with Gasteiger partial charge >= 0.3 is 0 Å². The normalized spacial score (nSPS) is 10.9. The van der Waals surface area contributed by atoms with Crippen molar-refractivity contribution in [1.29, 1.82) is 0 Å². The molecule has 0 aliphatic carbocycles. The Morgan fingerprint density at radius 1 is 1.24 bits per heavy atom. The highest BCUT2D eigenvalue weighted by molar-refractivity contribution is 6.33. The molecule has 0 unspecified atom stereocenters. The third kappa shape index (κ3) is 3.56. The van der Waals surface area contributed by atoms with E-state index in [1.807, 2.05) is 19.0 Å². The summed E-state index contributed by atoms with van der Waals surface area (Å²) < 4.78 is 5.72. The number of aromatic nitrogens is 1. The summed E-state index contributed by atoms with van der Waals surface area (Å²) in [6.45, 7) is 1.27. The number of halogens is 1. The molecule has 0 radical (unpaired) electrons. The van der Waals surface area contributed by atoms with Gasteiger partial charge < -0.3 is 21.1 Å². The van der Waals surface area contributed by atoms with Crippen LogP contribution < -0.4 is 16.2 Å². The lowest BCUT2D eigenvalue weighted by Crippen LogP contribution is -2.20. The zero-order valence-electron chi connectivity index (χ0n) is 12.1. The molecule has 4 N–H and O–H groups in total. The molecule has 112 valence electrons. The molecule has 21 heavy (non-hydrogen) atoms. The number of nitrogen functional groups attached to an aromatic ring is 2. The summed E-state index contributed by atoms with van der Waals surface area (Å²) in [5, 5.41) is 0.535. The number of benzene rings is 1. The quantitative estimate of drug-likeness (QED) is 0.830. The van der Waals surface area contributed by atoms with E-state index in [0.717, 1.165) is 12.1 Å². The highest BCUT2D eigenvalue weighted by Crippen LogP contribution is 2.39. The van der Waals surface area contributed by atoms with Gasteiger partial charge in [-0.05, 0) is 38.4 Å². The first-order valence-electron chi connectivity index (χ1n) is 6.57. The van der Waals surface area contributed by atoms with Gasteiger partial charge in [-0.25, -0.2) is 0 Å². The number of pyridine rings is 1. The molecule has 2 rings (SSSR count). The maximum absolute atomic E-state index is 6.18. The Balaban J connectivity index is 2.35. The number of hydrogen-bond acceptors (Lipinski definition) is 5. The minimum Gasteiger partial charge on any atom is -0.488 e. The van der Waals surface area contributed by atoms with Crippen molar-refractivity contribution < 1.29 is 4.74 Å². The van der Waals surface area contributed by atoms with E-state index in [1.54, 1.807) is 30.5 Å². The Bertz CT molecular complexity index is 631. The fourth-order valence-electron chi connectivity index (χ4n) is 1.90. The van der Waals surface area contributed by atoms with Gasteiger partial charge in [-0.15, -0.1) is 0 Å². The molecule has 0 saturated carbocycles. The van der Waals surface area contributed by atoms with Crippen LogP contribution in [0.25, 0.3) is 11.3 Å². The first-order chi connectivity index (χ1) is 10.0. The predicted octanol–water partition coefficient (Wildman–Crippen LogP) is 2.51. The van der Waals surface area contributed by atoms with Crippen LogP contribution in [0.4, 0.5) is 11.4 Å². The number of hydrogen-bond donors (Lipinski definition) is 2. The van der Waals surface area contributed by atoms with Crippen LogP contribution in [0, 0.1) is 0 Å². The lowest BCUT2D eigenvalue weighted by molar-refractivity contribution is 0.263. The number of nitrogens with zero attached hydrogens (tertiary/aromatic N) is 2. The van der Waals surface area contributed by atoms with Crippen LogP contribution in [-0.4, -0.2) is 37.1 Å². The molecule has 0 bridgehead atoms. The summed E-state index contributed by atoms with van der Waals surface area (Å²) in [6.07, 6.45) is 1.67. The van der Waals surface area contributed by atoms with Crippen LogP contribution in [0.15, 0.2) is 30.5 Å². The molecule has 0 amide bonds. The van der Waals surface area contributed by atoms with Gasteiger partial charge in [0.1, 0.15) is 6.61 Å². The molecular weight excluding hydrogens is 288 g/mol. The van der Waals surface area contributed by atoms with E-state index >= 15 is 0 Å². The molecule has 1 aromatic carbocycles. The summed E-state index contributed by atoms with van der Waals surface area (Å²) in [5.74, 6) is 0.482. The second-order valence-corrected chi connectivity index (χ2v) is 5.34. The van der Waals surface area contributed by atoms with Crippen molar-refractivity contribution in [3.8, 4) is 17.0 Å². The van der Waals surface area contributed by atoms with Crippen LogP contribution in [0.3, 0.4) is 0 Å². The Morgan fingerprint density at radius 3 is 2.67 bits per heavy atom. The minimum atomic E-state index is 0.453. The van der Waals surface area contributed by atoms with Gasteiger partial charge in [0.15, 0.2) is 5.75 Å². The van der Waals surface area contributed by atoms with Gasteiger partial charge in [-0.3, -0.25) is 4.98 Å². The summed E-state index contributed by atoms with van der Waals surface area (Å²) in [5.41, 5.74) is 14.4. The van der Waals surface area contributed by atoms with E-state index < -0.39 is 0 Å². The molecule has 5 nitrogen and oxygen atoms in total. The fraction of sp³-hybridized carbons (Fsp3) is 0.267. The van der Waals surface area contributed by atoms with E-state index in [9.17, 15) is 0 Å². The molecule has 6 heteroatoms. The minimum absolute atomic E-state index is 0.453. The molecule has 0 fully saturated rings. The van der Waals surface area contributed by atoms with E-state index in [-0.39, 0.29) is 0 Å². The Kier molecular flexibility index (Phi) is 4.88. The lowest BCUT2D eigenvalue weighted by Gasteiger charge is -2.16. The van der Waals surface area contributed by atoms with Crippen LogP contribution in [0.1, 0.15) is 0 Å². The first-order valence-corrected chi connectivity index (χ1v) is 6.95. The van der Waals surface area contributed by atoms with Gasteiger partial charge in [0, 0.05) is 18.3 Å². The van der Waals surface area contributed by atoms with E-state index in [0.29, 0.717) is 34.4 Å². The Hall–Kier alpha value is -1.98. The summed E-state index contributed by atoms with van der Waals surface area (Å²) >= 11 is 6.17. The van der Waals surface area contributed by atoms with Crippen molar-refractivity contribution in [2.24, 2.45) is 0 Å². The maximum Gasteiger partial charge on any atom is 0.165 e. The average molecular weight is 307 g/mol. The van der Waals surface area contributed by atoms with E-state index in [2.05, 4.69) is 4.98 Å². The number of anilines is 2. The van der Waals surface area contributed by atoms with Gasteiger partial charge in [0.25, 0.3) is 0 Å². The molecule has 1 aromatic heterocycles. The topological polar surface area (TPSA) is 77.4 Å². The largest absolute Gasteiger partial charge is 0.488 e. The van der Waals surface area contributed by atoms with Gasteiger partial charge in [-0.2, -0.15) is 0 Å². The molecule has 2 aromatic rings. The van der Waals surface area contributed by atoms with E-state index in [4.69, 9.17) is 27.8 Å². The fourth-order valence-corrected chi connectivity index (χ4v) is 2.12. The SMILES string of the molecule is CN(C)CCOc1c(N)ccc(-c2ncccc2Cl)c1N. The summed E-state index contributed by atoms with van der Waals surface area (Å²) in [4.78, 5) is 6.29. The van der Waals surface area contributed by atoms with Crippen LogP contribution in [0.5, 0.6) is 5.75 Å². The van der Waals surface area contributed by atoms with Gasteiger partial charge in [0.2, 0.25) is 0 Å². The Labute approximate surface area is 129 Å². The maximum atomic E-state index is 6.18. The molecule has 0 aliphatic heterocycles. The third-order valence-electron chi connectivity index (χ3n) is 3.03. The van der Waals surface area contributed by atoms with Crippen molar-refractivity contribution in [2.45, 2.75) is 0 Å². The predicted molar refractivity (Wildman–Crippen MR) is 87.6 cm³/mol. The second-order valence-electron chi connectivity index (χ2n) is 4.93. The van der Waals surface area contributed by atoms with Crippen molar-refractivity contribution in [2.75, 3.05) is 38.7 Å². The lowest BCUT2D eigenvalue weighted by atomic mass is 10.1. The van der Waals surface area contributed by atoms with Crippen LogP contribution in [-0.2, 0) is 0 Å². The summed E-state index contributed by atoms with van der Waals surface area (Å²) in [7, 11) is 3.94. The van der Waals surface area contributed by atoms with Crippen molar-refractivity contribution in [3.05, 3.63) is 35.5 Å². The monoisotopic (exact) mass is 306 g/mol. The molecule has 0 atom stereocenters. The van der Waals surface area contributed by atoms with Crippen LogP contribution in [0.2, 0.25) is 5.02 Å².